The predicted octanol–water partition coefficient (Wildman–Crippen LogP) is 6.32. The number of halogens is 2. The van der Waals surface area contributed by atoms with Crippen molar-refractivity contribution in [3.8, 4) is 11.4 Å². The average Bonchev–Trinajstić information content (AvgIpc) is 2.88. The Bertz CT molecular complexity index is 1500. The van der Waals surface area contributed by atoms with Crippen molar-refractivity contribution in [2.24, 2.45) is 0 Å². The molecule has 1 aromatic carbocycles. The molecule has 41 heavy (non-hydrogen) atoms. The van der Waals surface area contributed by atoms with Gasteiger partial charge in [-0.1, -0.05) is 32.4 Å². The maximum absolute atomic E-state index is 15.0. The zero-order valence-electron chi connectivity index (χ0n) is 25.0. The molecule has 2 aromatic heterocycles. The van der Waals surface area contributed by atoms with E-state index in [-0.39, 0.29) is 23.0 Å². The van der Waals surface area contributed by atoms with Crippen molar-refractivity contribution in [3.05, 3.63) is 51.4 Å². The number of ether oxygens (including phenoxy) is 2. The summed E-state index contributed by atoms with van der Waals surface area (Å²) in [5.74, 6) is 0.135. The molecule has 0 saturated carbocycles. The minimum Gasteiger partial charge on any atom is -0.491 e. The molecule has 9 nitrogen and oxygen atoms in total. The van der Waals surface area contributed by atoms with Crippen LogP contribution in [0.15, 0.2) is 29.2 Å². The molecule has 0 radical (unpaired) electrons. The van der Waals surface area contributed by atoms with Gasteiger partial charge in [-0.2, -0.15) is 4.98 Å². The number of aromatic nitrogens is 3. The summed E-state index contributed by atoms with van der Waals surface area (Å²) in [7, 11) is 0. The van der Waals surface area contributed by atoms with Crippen LogP contribution in [0.5, 0.6) is 5.75 Å². The molecule has 1 aliphatic heterocycles. The summed E-state index contributed by atoms with van der Waals surface area (Å²) in [6.07, 6.45) is 2.02. The third kappa shape index (κ3) is 6.27. The number of carbonyl (C=O) groups is 1. The molecule has 3 heterocycles. The van der Waals surface area contributed by atoms with Gasteiger partial charge in [0.1, 0.15) is 28.7 Å². The Kier molecular flexibility index (Phi) is 8.82. The monoisotopic (exact) mass is 587 g/mol. The lowest BCUT2D eigenvalue weighted by atomic mass is 10.1. The molecule has 0 bridgehead atoms. The summed E-state index contributed by atoms with van der Waals surface area (Å²) in [6.45, 7) is 16.4. The van der Waals surface area contributed by atoms with Gasteiger partial charge in [0, 0.05) is 42.8 Å². The van der Waals surface area contributed by atoms with Gasteiger partial charge in [0.2, 0.25) is 0 Å². The predicted molar refractivity (Wildman–Crippen MR) is 159 cm³/mol. The van der Waals surface area contributed by atoms with Crippen LogP contribution in [0.1, 0.15) is 73.4 Å². The minimum absolute atomic E-state index is 0.0467. The number of piperazine rings is 1. The number of benzene rings is 1. The van der Waals surface area contributed by atoms with E-state index in [0.29, 0.717) is 53.5 Å². The Morgan fingerprint density at radius 2 is 1.90 bits per heavy atom. The molecule has 1 fully saturated rings. The van der Waals surface area contributed by atoms with E-state index in [1.165, 1.54) is 16.7 Å². The molecule has 222 valence electrons. The number of nitrogens with zero attached hydrogens (tertiary/aromatic N) is 5. The average molecular weight is 588 g/mol. The van der Waals surface area contributed by atoms with Gasteiger partial charge < -0.3 is 19.3 Å². The number of fused-ring (bicyclic) bond motifs is 1. The first-order valence-electron chi connectivity index (χ1n) is 14.0. The fourth-order valence-electron chi connectivity index (χ4n) is 5.06. The van der Waals surface area contributed by atoms with E-state index in [4.69, 9.17) is 21.1 Å². The maximum Gasteiger partial charge on any atom is 0.410 e. The Balaban J connectivity index is 1.89. The van der Waals surface area contributed by atoms with Gasteiger partial charge in [0.15, 0.2) is 0 Å². The van der Waals surface area contributed by atoms with E-state index in [1.54, 1.807) is 17.2 Å². The number of amides is 1. The molecule has 1 amide bonds. The van der Waals surface area contributed by atoms with Crippen molar-refractivity contribution >= 4 is 34.4 Å². The van der Waals surface area contributed by atoms with E-state index < -0.39 is 23.2 Å². The highest BCUT2D eigenvalue weighted by Crippen LogP contribution is 2.36. The van der Waals surface area contributed by atoms with Crippen LogP contribution in [0.3, 0.4) is 0 Å². The van der Waals surface area contributed by atoms with Crippen molar-refractivity contribution in [1.29, 1.82) is 0 Å². The lowest BCUT2D eigenvalue weighted by Crippen LogP contribution is -2.59. The largest absolute Gasteiger partial charge is 0.491 e. The second-order valence-electron chi connectivity index (χ2n) is 11.9. The normalized spacial score (nSPS) is 17.8. The maximum atomic E-state index is 15.0. The van der Waals surface area contributed by atoms with Crippen LogP contribution >= 0.6 is 11.6 Å². The zero-order chi connectivity index (χ0) is 30.2. The van der Waals surface area contributed by atoms with Gasteiger partial charge in [-0.3, -0.25) is 9.55 Å². The highest BCUT2D eigenvalue weighted by molar-refractivity contribution is 6.31. The summed E-state index contributed by atoms with van der Waals surface area (Å²) in [5.41, 5.74) is 0.295. The molecule has 1 aliphatic rings. The van der Waals surface area contributed by atoms with E-state index in [2.05, 4.69) is 9.97 Å². The molecule has 4 rings (SSSR count). The fraction of sp³-hybridized carbons (Fsp3) is 0.533. The number of hydrogen-bond acceptors (Lipinski definition) is 7. The topological polar surface area (TPSA) is 89.8 Å². The number of pyridine rings is 1. The Morgan fingerprint density at radius 3 is 2.54 bits per heavy atom. The Morgan fingerprint density at radius 1 is 1.20 bits per heavy atom. The smallest absolute Gasteiger partial charge is 0.410 e. The van der Waals surface area contributed by atoms with Crippen molar-refractivity contribution in [2.45, 2.75) is 85.4 Å². The Hall–Kier alpha value is -3.40. The molecule has 2 atom stereocenters. The lowest BCUT2D eigenvalue weighted by Gasteiger charge is -2.45. The van der Waals surface area contributed by atoms with Crippen LogP contribution in [0.4, 0.5) is 15.0 Å². The molecule has 0 aliphatic carbocycles. The van der Waals surface area contributed by atoms with E-state index in [9.17, 15) is 9.59 Å². The highest BCUT2D eigenvalue weighted by atomic mass is 35.5. The number of anilines is 1. The Labute approximate surface area is 245 Å². The van der Waals surface area contributed by atoms with Gasteiger partial charge >= 0.3 is 11.8 Å². The lowest BCUT2D eigenvalue weighted by molar-refractivity contribution is 0.0130. The summed E-state index contributed by atoms with van der Waals surface area (Å²) >= 11 is 6.29. The van der Waals surface area contributed by atoms with E-state index in [0.717, 1.165) is 6.42 Å². The summed E-state index contributed by atoms with van der Waals surface area (Å²) < 4.78 is 28.1. The van der Waals surface area contributed by atoms with Crippen LogP contribution in [-0.2, 0) is 4.74 Å². The van der Waals surface area contributed by atoms with Gasteiger partial charge in [0.05, 0.1) is 22.8 Å². The van der Waals surface area contributed by atoms with Crippen LogP contribution in [0.25, 0.3) is 16.6 Å². The van der Waals surface area contributed by atoms with Crippen molar-refractivity contribution in [2.75, 3.05) is 24.6 Å². The molecule has 0 unspecified atom stereocenters. The summed E-state index contributed by atoms with van der Waals surface area (Å²) in [6, 6.07) is 3.98. The quantitative estimate of drug-likeness (QED) is 0.333. The molecule has 3 aromatic rings. The molecular weight excluding hydrogens is 549 g/mol. The van der Waals surface area contributed by atoms with Crippen LogP contribution in [0.2, 0.25) is 5.02 Å². The standard InChI is InChI=1S/C30H39ClFN5O4/c1-9-12-40-24-10-11-33-25(17(2)3)26(24)37-23-14-21(31)22(32)13-20(23)27(34-28(37)38)35-15-19(5)36(16-18(35)4)29(39)41-30(6,7)8/h10-11,13-14,17-19H,9,12,15-16H2,1-8H3/t18-,19+/m0/s1. The SMILES string of the molecule is CCCOc1ccnc(C(C)C)c1-n1c(=O)nc(N2C[C@@H](C)N(C(=O)OC(C)(C)C)C[C@@H]2C)c2cc(F)c(Cl)cc21. The van der Waals surface area contributed by atoms with Gasteiger partial charge in [0.25, 0.3) is 0 Å². The van der Waals surface area contributed by atoms with Crippen molar-refractivity contribution < 1.29 is 18.7 Å². The van der Waals surface area contributed by atoms with Crippen molar-refractivity contribution in [3.63, 3.8) is 0 Å². The van der Waals surface area contributed by atoms with E-state index >= 15 is 4.39 Å². The number of rotatable bonds is 6. The first kappa shape index (κ1) is 30.6. The van der Waals surface area contributed by atoms with Gasteiger partial charge in [-0.25, -0.2) is 14.0 Å². The molecule has 1 saturated heterocycles. The molecule has 0 spiro atoms. The highest BCUT2D eigenvalue weighted by Gasteiger charge is 2.36. The molecule has 0 N–H and O–H groups in total. The van der Waals surface area contributed by atoms with Gasteiger partial charge in [-0.15, -0.1) is 0 Å². The number of hydrogen-bond donors (Lipinski definition) is 0. The summed E-state index contributed by atoms with van der Waals surface area (Å²) in [4.78, 5) is 39.5. The second kappa shape index (κ2) is 11.8. The van der Waals surface area contributed by atoms with Crippen molar-refractivity contribution in [1.82, 2.24) is 19.4 Å². The first-order valence-corrected chi connectivity index (χ1v) is 14.4. The van der Waals surface area contributed by atoms with Crippen LogP contribution in [0, 0.1) is 5.82 Å². The third-order valence-corrected chi connectivity index (χ3v) is 7.24. The van der Waals surface area contributed by atoms with Crippen LogP contribution in [-0.4, -0.2) is 62.9 Å². The number of carbonyl (C=O) groups excluding carboxylic acids is 1. The van der Waals surface area contributed by atoms with E-state index in [1.807, 2.05) is 60.3 Å². The third-order valence-electron chi connectivity index (χ3n) is 6.95. The van der Waals surface area contributed by atoms with Gasteiger partial charge in [-0.05, 0) is 59.1 Å². The minimum atomic E-state index is -0.628. The first-order chi connectivity index (χ1) is 19.2. The zero-order valence-corrected chi connectivity index (χ0v) is 25.8. The molecular formula is C30H39ClFN5O4. The molecule has 11 heteroatoms. The fourth-order valence-corrected chi connectivity index (χ4v) is 5.22. The summed E-state index contributed by atoms with van der Waals surface area (Å²) in [5, 5.41) is 0.293. The second-order valence-corrected chi connectivity index (χ2v) is 12.3. The van der Waals surface area contributed by atoms with Crippen LogP contribution < -0.4 is 15.3 Å².